The van der Waals surface area contributed by atoms with Gasteiger partial charge in [0.25, 0.3) is 11.1 Å². The number of benzene rings is 1. The minimum absolute atomic E-state index is 0.275. The van der Waals surface area contributed by atoms with Crippen molar-refractivity contribution in [1.29, 1.82) is 5.26 Å². The zero-order chi connectivity index (χ0) is 18.8. The maximum Gasteiger partial charge on any atom is 0.290 e. The highest BCUT2D eigenvalue weighted by molar-refractivity contribution is 8.18. The minimum Gasteiger partial charge on any atom is -0.455 e. The average Bonchev–Trinajstić information content (AvgIpc) is 3.22. The molecule has 27 heavy (non-hydrogen) atoms. The van der Waals surface area contributed by atoms with Crippen molar-refractivity contribution in [2.75, 3.05) is 0 Å². The van der Waals surface area contributed by atoms with Gasteiger partial charge in [0.05, 0.1) is 22.1 Å². The molecule has 4 rings (SSSR count). The highest BCUT2D eigenvalue weighted by Gasteiger charge is 2.25. The molecular weight excluding hydrogens is 362 g/mol. The summed E-state index contributed by atoms with van der Waals surface area (Å²) in [5, 5.41) is 11.4. The maximum absolute atomic E-state index is 11.7. The first-order chi connectivity index (χ1) is 13.1. The van der Waals surface area contributed by atoms with Gasteiger partial charge in [0.1, 0.15) is 5.76 Å². The Balaban J connectivity index is 1.69. The van der Waals surface area contributed by atoms with Crippen LogP contribution in [0.2, 0.25) is 0 Å². The summed E-state index contributed by atoms with van der Waals surface area (Å²) in [6.45, 7) is 0. The largest absolute Gasteiger partial charge is 0.455 e. The van der Waals surface area contributed by atoms with Gasteiger partial charge in [-0.05, 0) is 42.1 Å². The van der Waals surface area contributed by atoms with E-state index in [-0.39, 0.29) is 4.91 Å². The zero-order valence-corrected chi connectivity index (χ0v) is 14.5. The fourth-order valence-electron chi connectivity index (χ4n) is 2.46. The number of pyridine rings is 1. The van der Waals surface area contributed by atoms with E-state index in [1.54, 1.807) is 42.7 Å². The molecule has 1 N–H and O–H groups in total. The van der Waals surface area contributed by atoms with Crippen LogP contribution >= 0.6 is 11.8 Å². The number of thioether (sulfide) groups is 1. The molecule has 3 aromatic rings. The van der Waals surface area contributed by atoms with Crippen molar-refractivity contribution >= 4 is 40.0 Å². The number of hydrogen-bond acceptors (Lipinski definition) is 6. The summed E-state index contributed by atoms with van der Waals surface area (Å²) in [6, 6.07) is 10.7. The summed E-state index contributed by atoms with van der Waals surface area (Å²) < 4.78 is 5.80. The Kier molecular flexibility index (Phi) is 4.21. The van der Waals surface area contributed by atoms with Gasteiger partial charge in [-0.15, -0.1) is 0 Å². The Bertz CT molecular complexity index is 1220. The molecule has 2 amide bonds. The van der Waals surface area contributed by atoms with Crippen molar-refractivity contribution in [1.82, 2.24) is 10.3 Å². The summed E-state index contributed by atoms with van der Waals surface area (Å²) in [5.74, 6) is 6.02. The first-order valence-electron chi connectivity index (χ1n) is 7.77. The fraction of sp³-hybridized carbons (Fsp3) is 0. The normalized spacial score (nSPS) is 14.7. The van der Waals surface area contributed by atoms with Crippen molar-refractivity contribution in [2.24, 2.45) is 0 Å². The number of hydrogen-bond donors (Lipinski definition) is 1. The number of furan rings is 1. The Labute approximate surface area is 157 Å². The van der Waals surface area contributed by atoms with Gasteiger partial charge in [0.15, 0.2) is 5.58 Å². The lowest BCUT2D eigenvalue weighted by molar-refractivity contribution is -0.115. The number of rotatable bonds is 1. The van der Waals surface area contributed by atoms with Crippen molar-refractivity contribution in [3.63, 3.8) is 0 Å². The summed E-state index contributed by atoms with van der Waals surface area (Å²) in [5.41, 5.74) is 2.48. The van der Waals surface area contributed by atoms with Gasteiger partial charge in [-0.25, -0.2) is 0 Å². The van der Waals surface area contributed by atoms with Gasteiger partial charge in [0.2, 0.25) is 0 Å². The van der Waals surface area contributed by atoms with Crippen LogP contribution < -0.4 is 5.32 Å². The molecule has 1 aliphatic heterocycles. The Morgan fingerprint density at radius 3 is 2.59 bits per heavy atom. The Hall–Kier alpha value is -3.81. The van der Waals surface area contributed by atoms with Crippen molar-refractivity contribution in [3.8, 4) is 17.9 Å². The van der Waals surface area contributed by atoms with E-state index < -0.39 is 11.1 Å². The third kappa shape index (κ3) is 3.45. The highest BCUT2D eigenvalue weighted by Crippen LogP contribution is 2.28. The van der Waals surface area contributed by atoms with E-state index >= 15 is 0 Å². The van der Waals surface area contributed by atoms with Crippen LogP contribution in [0.25, 0.3) is 17.0 Å². The molecule has 7 heteroatoms. The van der Waals surface area contributed by atoms with E-state index in [4.69, 9.17) is 9.68 Å². The number of aromatic nitrogens is 1. The molecule has 1 aromatic carbocycles. The molecule has 0 radical (unpaired) electrons. The number of imide groups is 1. The Morgan fingerprint density at radius 1 is 1.11 bits per heavy atom. The molecule has 0 saturated carbocycles. The topological polar surface area (TPSA) is 96.0 Å². The number of fused-ring (bicyclic) bond motifs is 1. The number of nitrogens with zero attached hydrogens (tertiary/aromatic N) is 2. The van der Waals surface area contributed by atoms with E-state index in [1.807, 2.05) is 0 Å². The first kappa shape index (κ1) is 16.6. The fourth-order valence-corrected chi connectivity index (χ4v) is 3.12. The van der Waals surface area contributed by atoms with Crippen LogP contribution in [0.3, 0.4) is 0 Å². The monoisotopic (exact) mass is 371 g/mol. The average molecular weight is 371 g/mol. The van der Waals surface area contributed by atoms with Crippen LogP contribution in [0.5, 0.6) is 0 Å². The molecule has 3 heterocycles. The Morgan fingerprint density at radius 2 is 1.89 bits per heavy atom. The molecule has 1 fully saturated rings. The van der Waals surface area contributed by atoms with Crippen LogP contribution in [-0.2, 0) is 4.79 Å². The van der Waals surface area contributed by atoms with E-state index in [0.717, 1.165) is 22.7 Å². The lowest BCUT2D eigenvalue weighted by atomic mass is 10.1. The third-order valence-corrected chi connectivity index (χ3v) is 4.52. The van der Waals surface area contributed by atoms with Crippen LogP contribution in [0.4, 0.5) is 4.79 Å². The van der Waals surface area contributed by atoms with E-state index in [1.165, 1.54) is 6.08 Å². The molecule has 1 aliphatic rings. The van der Waals surface area contributed by atoms with Gasteiger partial charge in [0, 0.05) is 29.4 Å². The van der Waals surface area contributed by atoms with Crippen molar-refractivity contribution < 1.29 is 14.0 Å². The van der Waals surface area contributed by atoms with Crippen molar-refractivity contribution in [2.45, 2.75) is 0 Å². The predicted molar refractivity (Wildman–Crippen MR) is 100 cm³/mol. The summed E-state index contributed by atoms with van der Waals surface area (Å²) in [4.78, 5) is 27.3. The number of carbonyl (C=O) groups is 2. The molecule has 0 spiro atoms. The first-order valence-corrected chi connectivity index (χ1v) is 8.58. The third-order valence-electron chi connectivity index (χ3n) is 3.71. The molecule has 128 valence electrons. The van der Waals surface area contributed by atoms with Crippen LogP contribution in [0, 0.1) is 23.2 Å². The van der Waals surface area contributed by atoms with Crippen LogP contribution in [0.15, 0.2) is 52.0 Å². The second kappa shape index (κ2) is 6.83. The second-order valence-electron chi connectivity index (χ2n) is 5.55. The molecule has 1 saturated heterocycles. The minimum atomic E-state index is -0.440. The molecular formula is C20H9N3O3S. The summed E-state index contributed by atoms with van der Waals surface area (Å²) in [7, 11) is 0. The van der Waals surface area contributed by atoms with Crippen LogP contribution in [0.1, 0.15) is 22.5 Å². The lowest BCUT2D eigenvalue weighted by Gasteiger charge is -1.93. The number of nitrogens with one attached hydrogen (secondary N) is 1. The lowest BCUT2D eigenvalue weighted by Crippen LogP contribution is -2.17. The second-order valence-corrected chi connectivity index (χ2v) is 6.56. The van der Waals surface area contributed by atoms with Gasteiger partial charge in [-0.2, -0.15) is 5.26 Å². The molecule has 0 aliphatic carbocycles. The number of amides is 2. The van der Waals surface area contributed by atoms with E-state index in [0.29, 0.717) is 22.5 Å². The maximum atomic E-state index is 11.7. The quantitative estimate of drug-likeness (QED) is 0.520. The van der Waals surface area contributed by atoms with E-state index in [2.05, 4.69) is 28.2 Å². The summed E-state index contributed by atoms with van der Waals surface area (Å²) >= 11 is 0.828. The SMILES string of the molecule is N#Cc1ccc(C#Cc2cncc3cc(/C=C4/SC(=O)NC4=O)oc23)cc1. The zero-order valence-electron chi connectivity index (χ0n) is 13.6. The molecule has 6 nitrogen and oxygen atoms in total. The van der Waals surface area contributed by atoms with Gasteiger partial charge in [-0.3, -0.25) is 19.9 Å². The summed E-state index contributed by atoms with van der Waals surface area (Å²) in [6.07, 6.45) is 4.75. The molecule has 0 atom stereocenters. The van der Waals surface area contributed by atoms with Gasteiger partial charge >= 0.3 is 0 Å². The number of nitriles is 1. The predicted octanol–water partition coefficient (Wildman–Crippen LogP) is 3.42. The van der Waals surface area contributed by atoms with Gasteiger partial charge < -0.3 is 4.42 Å². The van der Waals surface area contributed by atoms with Crippen LogP contribution in [-0.4, -0.2) is 16.1 Å². The van der Waals surface area contributed by atoms with Gasteiger partial charge in [-0.1, -0.05) is 11.8 Å². The molecule has 2 aromatic heterocycles. The van der Waals surface area contributed by atoms with Crippen molar-refractivity contribution in [3.05, 3.63) is 70.1 Å². The standard InChI is InChI=1S/C20H9N3O3S/c21-9-13-3-1-12(2-4-13)5-6-14-10-22-11-15-7-16(26-18(14)15)8-17-19(24)23-20(25)27-17/h1-4,7-8,10-11H,(H,23,24,25)/b17-8+. The molecule has 0 bridgehead atoms. The van der Waals surface area contributed by atoms with E-state index in [9.17, 15) is 9.59 Å². The smallest absolute Gasteiger partial charge is 0.290 e. The highest BCUT2D eigenvalue weighted by atomic mass is 32.2. The molecule has 0 unspecified atom stereocenters. The number of carbonyl (C=O) groups excluding carboxylic acids is 2.